The van der Waals surface area contributed by atoms with E-state index >= 15 is 0 Å². The van der Waals surface area contributed by atoms with E-state index in [-0.39, 0.29) is 0 Å². The number of hydrogen-bond acceptors (Lipinski definition) is 2. The molecule has 0 aliphatic heterocycles. The number of nitrogens with one attached hydrogen (secondary N) is 1. The first-order chi connectivity index (χ1) is 8.16. The van der Waals surface area contributed by atoms with Crippen molar-refractivity contribution in [2.45, 2.75) is 39.5 Å². The zero-order valence-corrected chi connectivity index (χ0v) is 10.8. The van der Waals surface area contributed by atoms with Crippen LogP contribution in [0.5, 0.6) is 0 Å². The molecule has 0 atom stereocenters. The molecular formula is C15H21NO. The third kappa shape index (κ3) is 3.09. The van der Waals surface area contributed by atoms with E-state index in [1.165, 1.54) is 16.8 Å². The van der Waals surface area contributed by atoms with Gasteiger partial charge in [-0.1, -0.05) is 18.2 Å². The van der Waals surface area contributed by atoms with Crippen LogP contribution in [0, 0.1) is 19.8 Å². The topological polar surface area (TPSA) is 29.1 Å². The average Bonchev–Trinajstić information content (AvgIpc) is 2.31. The lowest BCUT2D eigenvalue weighted by Gasteiger charge is -2.23. The molecule has 2 rings (SSSR count). The molecule has 1 aromatic rings. The summed E-state index contributed by atoms with van der Waals surface area (Å²) in [6.45, 7) is 5.28. The lowest BCUT2D eigenvalue weighted by atomic mass is 9.88. The maximum Gasteiger partial charge on any atom is 0.132 e. The van der Waals surface area contributed by atoms with Crippen molar-refractivity contribution in [1.82, 2.24) is 0 Å². The number of para-hydroxylation sites is 1. The zero-order chi connectivity index (χ0) is 12.3. The van der Waals surface area contributed by atoms with Crippen LogP contribution in [0.2, 0.25) is 0 Å². The molecule has 1 aliphatic carbocycles. The molecule has 92 valence electrons. The van der Waals surface area contributed by atoms with Gasteiger partial charge >= 0.3 is 0 Å². The van der Waals surface area contributed by atoms with Gasteiger partial charge in [0.15, 0.2) is 0 Å². The number of Topliss-reactive ketones (excluding diaryl/α,β-unsaturated/α-hetero) is 1. The smallest absolute Gasteiger partial charge is 0.132 e. The normalized spacial score (nSPS) is 17.2. The minimum absolute atomic E-state index is 0.438. The maximum atomic E-state index is 11.2. The van der Waals surface area contributed by atoms with Gasteiger partial charge in [-0.2, -0.15) is 0 Å². The number of benzene rings is 1. The molecule has 17 heavy (non-hydrogen) atoms. The molecule has 0 unspecified atom stereocenters. The number of aryl methyl sites for hydroxylation is 2. The number of carbonyl (C=O) groups is 1. The van der Waals surface area contributed by atoms with Crippen LogP contribution in [0.4, 0.5) is 5.69 Å². The van der Waals surface area contributed by atoms with Crippen LogP contribution in [0.3, 0.4) is 0 Å². The lowest BCUT2D eigenvalue weighted by Crippen LogP contribution is -2.21. The predicted octanol–water partition coefficient (Wildman–Crippen LogP) is 3.47. The van der Waals surface area contributed by atoms with Crippen LogP contribution in [0.25, 0.3) is 0 Å². The summed E-state index contributed by atoms with van der Waals surface area (Å²) in [6.07, 6.45) is 3.66. The standard InChI is InChI=1S/C15H21NO/c1-11-4-3-5-12(2)15(11)16-10-13-6-8-14(17)9-7-13/h3-5,13,16H,6-10H2,1-2H3. The van der Waals surface area contributed by atoms with Crippen molar-refractivity contribution < 1.29 is 4.79 Å². The first-order valence-corrected chi connectivity index (χ1v) is 6.48. The second kappa shape index (κ2) is 5.35. The van der Waals surface area contributed by atoms with E-state index < -0.39 is 0 Å². The number of anilines is 1. The monoisotopic (exact) mass is 231 g/mol. The summed E-state index contributed by atoms with van der Waals surface area (Å²) in [5, 5.41) is 3.55. The Labute approximate surface area is 103 Å². The third-order valence-electron chi connectivity index (χ3n) is 3.71. The Bertz CT molecular complexity index is 381. The van der Waals surface area contributed by atoms with Gasteiger partial charge in [0.2, 0.25) is 0 Å². The fourth-order valence-electron chi connectivity index (χ4n) is 2.54. The first-order valence-electron chi connectivity index (χ1n) is 6.48. The summed E-state index contributed by atoms with van der Waals surface area (Å²) in [5.41, 5.74) is 3.87. The van der Waals surface area contributed by atoms with Gasteiger partial charge in [-0.3, -0.25) is 4.79 Å². The molecule has 1 aliphatic rings. The molecule has 2 nitrogen and oxygen atoms in total. The Hall–Kier alpha value is -1.31. The summed E-state index contributed by atoms with van der Waals surface area (Å²) in [7, 11) is 0. The second-order valence-corrected chi connectivity index (χ2v) is 5.13. The summed E-state index contributed by atoms with van der Waals surface area (Å²) in [6, 6.07) is 6.37. The van der Waals surface area contributed by atoms with E-state index in [0.29, 0.717) is 11.7 Å². The molecule has 1 N–H and O–H groups in total. The van der Waals surface area contributed by atoms with Gasteiger partial charge in [0.25, 0.3) is 0 Å². The Morgan fingerprint density at radius 2 is 1.76 bits per heavy atom. The molecule has 2 heteroatoms. The summed E-state index contributed by atoms with van der Waals surface area (Å²) < 4.78 is 0. The fraction of sp³-hybridized carbons (Fsp3) is 0.533. The Kier molecular flexibility index (Phi) is 3.82. The van der Waals surface area contributed by atoms with Crippen molar-refractivity contribution >= 4 is 11.5 Å². The Morgan fingerprint density at radius 3 is 2.35 bits per heavy atom. The molecule has 0 amide bonds. The highest BCUT2D eigenvalue weighted by Crippen LogP contribution is 2.24. The van der Waals surface area contributed by atoms with Crippen molar-refractivity contribution in [3.05, 3.63) is 29.3 Å². The zero-order valence-electron chi connectivity index (χ0n) is 10.8. The minimum atomic E-state index is 0.438. The molecule has 0 bridgehead atoms. The molecule has 0 spiro atoms. The number of ketones is 1. The van der Waals surface area contributed by atoms with Crippen LogP contribution in [0.1, 0.15) is 36.8 Å². The van der Waals surface area contributed by atoms with Crippen LogP contribution in [-0.2, 0) is 4.79 Å². The highest BCUT2D eigenvalue weighted by atomic mass is 16.1. The fourth-order valence-corrected chi connectivity index (χ4v) is 2.54. The molecule has 0 heterocycles. The number of rotatable bonds is 3. The lowest BCUT2D eigenvalue weighted by molar-refractivity contribution is -0.120. The average molecular weight is 231 g/mol. The number of carbonyl (C=O) groups excluding carboxylic acids is 1. The molecule has 1 fully saturated rings. The summed E-state index contributed by atoms with van der Waals surface area (Å²) in [5.74, 6) is 1.10. The van der Waals surface area contributed by atoms with Gasteiger partial charge in [0, 0.05) is 25.1 Å². The van der Waals surface area contributed by atoms with E-state index in [4.69, 9.17) is 0 Å². The molecule has 1 saturated carbocycles. The van der Waals surface area contributed by atoms with Gasteiger partial charge in [-0.05, 0) is 43.7 Å². The first kappa shape index (κ1) is 12.2. The van der Waals surface area contributed by atoms with Gasteiger partial charge in [-0.25, -0.2) is 0 Å². The van der Waals surface area contributed by atoms with Crippen LogP contribution in [0.15, 0.2) is 18.2 Å². The van der Waals surface area contributed by atoms with E-state index in [0.717, 1.165) is 32.2 Å². The highest BCUT2D eigenvalue weighted by molar-refractivity contribution is 5.79. The maximum absolute atomic E-state index is 11.2. The van der Waals surface area contributed by atoms with Crippen molar-refractivity contribution in [1.29, 1.82) is 0 Å². The SMILES string of the molecule is Cc1cccc(C)c1NCC1CCC(=O)CC1. The van der Waals surface area contributed by atoms with Crippen molar-refractivity contribution in [2.24, 2.45) is 5.92 Å². The molecule has 0 saturated heterocycles. The molecule has 0 aromatic heterocycles. The van der Waals surface area contributed by atoms with E-state index in [9.17, 15) is 4.79 Å². The van der Waals surface area contributed by atoms with Crippen molar-refractivity contribution in [3.8, 4) is 0 Å². The van der Waals surface area contributed by atoms with Crippen LogP contribution < -0.4 is 5.32 Å². The third-order valence-corrected chi connectivity index (χ3v) is 3.71. The van der Waals surface area contributed by atoms with Gasteiger partial charge < -0.3 is 5.32 Å². The van der Waals surface area contributed by atoms with Gasteiger partial charge in [-0.15, -0.1) is 0 Å². The molecular weight excluding hydrogens is 210 g/mol. The van der Waals surface area contributed by atoms with Crippen molar-refractivity contribution in [3.63, 3.8) is 0 Å². The van der Waals surface area contributed by atoms with Gasteiger partial charge in [0.05, 0.1) is 0 Å². The minimum Gasteiger partial charge on any atom is -0.384 e. The van der Waals surface area contributed by atoms with Crippen LogP contribution in [-0.4, -0.2) is 12.3 Å². The largest absolute Gasteiger partial charge is 0.384 e. The summed E-state index contributed by atoms with van der Waals surface area (Å²) in [4.78, 5) is 11.2. The Morgan fingerprint density at radius 1 is 1.18 bits per heavy atom. The van der Waals surface area contributed by atoms with Crippen LogP contribution >= 0.6 is 0 Å². The van der Waals surface area contributed by atoms with E-state index in [1.807, 2.05) is 0 Å². The summed E-state index contributed by atoms with van der Waals surface area (Å²) >= 11 is 0. The van der Waals surface area contributed by atoms with Gasteiger partial charge in [0.1, 0.15) is 5.78 Å². The Balaban J connectivity index is 1.91. The highest BCUT2D eigenvalue weighted by Gasteiger charge is 2.18. The quantitative estimate of drug-likeness (QED) is 0.863. The van der Waals surface area contributed by atoms with E-state index in [2.05, 4.69) is 37.4 Å². The second-order valence-electron chi connectivity index (χ2n) is 5.13. The molecule has 0 radical (unpaired) electrons. The predicted molar refractivity (Wildman–Crippen MR) is 71.4 cm³/mol. The van der Waals surface area contributed by atoms with E-state index in [1.54, 1.807) is 0 Å². The van der Waals surface area contributed by atoms with Crippen molar-refractivity contribution in [2.75, 3.05) is 11.9 Å². The molecule has 1 aromatic carbocycles. The number of hydrogen-bond donors (Lipinski definition) is 1.